The van der Waals surface area contributed by atoms with Crippen LogP contribution in [-0.4, -0.2) is 29.7 Å². The standard InChI is InChI=1S/C12H22N2O3/c1-4-12(5-6-12)7-13-11(17)14-9(8(2)3)10(15)16/h8-9H,4-7H2,1-3H3,(H,15,16)(H2,13,14,17)/t9-/m1/s1. The number of carboxylic acid groups (broad SMARTS) is 1. The molecule has 17 heavy (non-hydrogen) atoms. The highest BCUT2D eigenvalue weighted by atomic mass is 16.4. The molecule has 1 aliphatic carbocycles. The second kappa shape index (κ2) is 5.38. The number of urea groups is 1. The Morgan fingerprint density at radius 1 is 1.35 bits per heavy atom. The quantitative estimate of drug-likeness (QED) is 0.661. The highest BCUT2D eigenvalue weighted by Gasteiger charge is 2.40. The lowest BCUT2D eigenvalue weighted by Crippen LogP contribution is -2.49. The van der Waals surface area contributed by atoms with Crippen LogP contribution < -0.4 is 10.6 Å². The van der Waals surface area contributed by atoms with E-state index in [0.29, 0.717) is 6.54 Å². The van der Waals surface area contributed by atoms with E-state index in [1.807, 2.05) is 0 Å². The minimum absolute atomic E-state index is 0.126. The highest BCUT2D eigenvalue weighted by molar-refractivity contribution is 5.82. The molecule has 0 unspecified atom stereocenters. The summed E-state index contributed by atoms with van der Waals surface area (Å²) in [6.07, 6.45) is 3.35. The van der Waals surface area contributed by atoms with Crippen LogP contribution in [0.1, 0.15) is 40.0 Å². The van der Waals surface area contributed by atoms with Gasteiger partial charge in [-0.1, -0.05) is 20.8 Å². The van der Waals surface area contributed by atoms with E-state index in [-0.39, 0.29) is 17.4 Å². The van der Waals surface area contributed by atoms with Crippen molar-refractivity contribution in [3.05, 3.63) is 0 Å². The Labute approximate surface area is 102 Å². The molecular formula is C12H22N2O3. The molecule has 0 aromatic carbocycles. The maximum absolute atomic E-state index is 11.6. The van der Waals surface area contributed by atoms with Gasteiger partial charge in [-0.3, -0.25) is 0 Å². The van der Waals surface area contributed by atoms with Crippen LogP contribution in [0.3, 0.4) is 0 Å². The highest BCUT2D eigenvalue weighted by Crippen LogP contribution is 2.47. The molecule has 2 amide bonds. The van der Waals surface area contributed by atoms with Gasteiger partial charge < -0.3 is 15.7 Å². The predicted octanol–water partition coefficient (Wildman–Crippen LogP) is 1.58. The summed E-state index contributed by atoms with van der Waals surface area (Å²) in [7, 11) is 0. The zero-order valence-corrected chi connectivity index (χ0v) is 10.7. The number of carboxylic acids is 1. The van der Waals surface area contributed by atoms with Crippen molar-refractivity contribution >= 4 is 12.0 Å². The monoisotopic (exact) mass is 242 g/mol. The van der Waals surface area contributed by atoms with Crippen LogP contribution in [0.5, 0.6) is 0 Å². The molecule has 0 aromatic rings. The minimum atomic E-state index is -0.994. The second-order valence-corrected chi connectivity index (χ2v) is 5.24. The molecule has 0 aromatic heterocycles. The van der Waals surface area contributed by atoms with Gasteiger partial charge in [0.1, 0.15) is 6.04 Å². The number of hydrogen-bond acceptors (Lipinski definition) is 2. The maximum atomic E-state index is 11.6. The third-order valence-electron chi connectivity index (χ3n) is 3.55. The molecule has 0 aliphatic heterocycles. The first kappa shape index (κ1) is 13.8. The predicted molar refractivity (Wildman–Crippen MR) is 64.8 cm³/mol. The normalized spacial score (nSPS) is 18.6. The van der Waals surface area contributed by atoms with Crippen LogP contribution in [0.25, 0.3) is 0 Å². The zero-order valence-electron chi connectivity index (χ0n) is 10.7. The number of nitrogens with one attached hydrogen (secondary N) is 2. The first-order chi connectivity index (χ1) is 7.90. The van der Waals surface area contributed by atoms with Crippen LogP contribution >= 0.6 is 0 Å². The van der Waals surface area contributed by atoms with Gasteiger partial charge >= 0.3 is 12.0 Å². The molecule has 1 saturated carbocycles. The Hall–Kier alpha value is -1.26. The molecule has 0 heterocycles. The van der Waals surface area contributed by atoms with E-state index in [0.717, 1.165) is 19.3 Å². The van der Waals surface area contributed by atoms with Gasteiger partial charge in [0.05, 0.1) is 0 Å². The molecule has 0 bridgehead atoms. The summed E-state index contributed by atoms with van der Waals surface area (Å²) in [5.41, 5.74) is 0.272. The Bertz CT molecular complexity index is 298. The first-order valence-electron chi connectivity index (χ1n) is 6.17. The number of aliphatic carboxylic acids is 1. The number of amides is 2. The molecule has 0 radical (unpaired) electrons. The molecule has 1 aliphatic rings. The van der Waals surface area contributed by atoms with Gasteiger partial charge in [-0.25, -0.2) is 9.59 Å². The number of rotatable bonds is 6. The smallest absolute Gasteiger partial charge is 0.326 e. The molecule has 1 atom stereocenters. The number of carbonyl (C=O) groups excluding carboxylic acids is 1. The molecule has 0 saturated heterocycles. The SMILES string of the molecule is CCC1(CNC(=O)N[C@@H](C(=O)O)C(C)C)CC1. The van der Waals surface area contributed by atoms with E-state index in [9.17, 15) is 9.59 Å². The fourth-order valence-corrected chi connectivity index (χ4v) is 1.81. The van der Waals surface area contributed by atoms with E-state index in [4.69, 9.17) is 5.11 Å². The van der Waals surface area contributed by atoms with Gasteiger partial charge in [-0.2, -0.15) is 0 Å². The molecular weight excluding hydrogens is 220 g/mol. The fourth-order valence-electron chi connectivity index (χ4n) is 1.81. The Morgan fingerprint density at radius 2 is 1.94 bits per heavy atom. The minimum Gasteiger partial charge on any atom is -0.480 e. The van der Waals surface area contributed by atoms with Crippen LogP contribution in [0.4, 0.5) is 4.79 Å². The summed E-state index contributed by atoms with van der Waals surface area (Å²) in [4.78, 5) is 22.5. The summed E-state index contributed by atoms with van der Waals surface area (Å²) in [5, 5.41) is 14.2. The fraction of sp³-hybridized carbons (Fsp3) is 0.833. The summed E-state index contributed by atoms with van der Waals surface area (Å²) in [6, 6.07) is -1.21. The Balaban J connectivity index is 2.35. The first-order valence-corrected chi connectivity index (χ1v) is 6.17. The average Bonchev–Trinajstić information content (AvgIpc) is 3.03. The lowest BCUT2D eigenvalue weighted by Gasteiger charge is -2.19. The van der Waals surface area contributed by atoms with Crippen molar-refractivity contribution in [1.82, 2.24) is 10.6 Å². The van der Waals surface area contributed by atoms with Crippen molar-refractivity contribution in [3.8, 4) is 0 Å². The summed E-state index contributed by atoms with van der Waals surface area (Å²) in [5.74, 6) is -1.12. The number of carbonyl (C=O) groups is 2. The van der Waals surface area contributed by atoms with Crippen molar-refractivity contribution in [3.63, 3.8) is 0 Å². The third-order valence-corrected chi connectivity index (χ3v) is 3.55. The van der Waals surface area contributed by atoms with E-state index in [2.05, 4.69) is 17.6 Å². The third kappa shape index (κ3) is 3.91. The van der Waals surface area contributed by atoms with E-state index in [1.165, 1.54) is 0 Å². The van der Waals surface area contributed by atoms with Gasteiger partial charge in [0.2, 0.25) is 0 Å². The molecule has 3 N–H and O–H groups in total. The van der Waals surface area contributed by atoms with Crippen LogP contribution in [-0.2, 0) is 4.79 Å². The number of hydrogen-bond donors (Lipinski definition) is 3. The lowest BCUT2D eigenvalue weighted by atomic mass is 10.0. The van der Waals surface area contributed by atoms with E-state index in [1.54, 1.807) is 13.8 Å². The van der Waals surface area contributed by atoms with Gasteiger partial charge in [-0.15, -0.1) is 0 Å². The largest absolute Gasteiger partial charge is 0.480 e. The molecule has 5 heteroatoms. The van der Waals surface area contributed by atoms with E-state index >= 15 is 0 Å². The summed E-state index contributed by atoms with van der Waals surface area (Å²) < 4.78 is 0. The topological polar surface area (TPSA) is 78.4 Å². The van der Waals surface area contributed by atoms with Gasteiger partial charge in [-0.05, 0) is 30.6 Å². The van der Waals surface area contributed by atoms with Crippen molar-refractivity contribution in [2.24, 2.45) is 11.3 Å². The second-order valence-electron chi connectivity index (χ2n) is 5.24. The molecule has 98 valence electrons. The van der Waals surface area contributed by atoms with Gasteiger partial charge in [0, 0.05) is 6.54 Å². The molecule has 1 fully saturated rings. The molecule has 1 rings (SSSR count). The van der Waals surface area contributed by atoms with Crippen molar-refractivity contribution < 1.29 is 14.7 Å². The van der Waals surface area contributed by atoms with Crippen molar-refractivity contribution in [1.29, 1.82) is 0 Å². The van der Waals surface area contributed by atoms with E-state index < -0.39 is 12.0 Å². The Morgan fingerprint density at radius 3 is 2.29 bits per heavy atom. The molecule has 5 nitrogen and oxygen atoms in total. The Kier molecular flexibility index (Phi) is 4.37. The van der Waals surface area contributed by atoms with Crippen LogP contribution in [0.15, 0.2) is 0 Å². The van der Waals surface area contributed by atoms with Crippen molar-refractivity contribution in [2.75, 3.05) is 6.54 Å². The average molecular weight is 242 g/mol. The van der Waals surface area contributed by atoms with Crippen molar-refractivity contribution in [2.45, 2.75) is 46.1 Å². The van der Waals surface area contributed by atoms with Gasteiger partial charge in [0.15, 0.2) is 0 Å². The maximum Gasteiger partial charge on any atom is 0.326 e. The zero-order chi connectivity index (χ0) is 13.1. The van der Waals surface area contributed by atoms with Crippen LogP contribution in [0, 0.1) is 11.3 Å². The summed E-state index contributed by atoms with van der Waals surface area (Å²) >= 11 is 0. The van der Waals surface area contributed by atoms with Gasteiger partial charge in [0.25, 0.3) is 0 Å². The lowest BCUT2D eigenvalue weighted by molar-refractivity contribution is -0.140. The summed E-state index contributed by atoms with van der Waals surface area (Å²) in [6.45, 7) is 6.29. The van der Waals surface area contributed by atoms with Crippen LogP contribution in [0.2, 0.25) is 0 Å². The molecule has 0 spiro atoms.